The molecule has 2 aromatic rings. The van der Waals surface area contributed by atoms with Crippen molar-refractivity contribution in [2.45, 2.75) is 19.3 Å². The molecule has 0 radical (unpaired) electrons. The van der Waals surface area contributed by atoms with Crippen molar-refractivity contribution in [1.29, 1.82) is 0 Å². The lowest BCUT2D eigenvalue weighted by molar-refractivity contribution is 0.474. The van der Waals surface area contributed by atoms with Crippen LogP contribution in [-0.4, -0.2) is 15.3 Å². The highest BCUT2D eigenvalue weighted by atomic mass is 28.1. The monoisotopic (exact) mass is 242 g/mol. The molecule has 2 rings (SSSR count). The molecule has 0 fully saturated rings. The molecule has 0 aliphatic carbocycles. The van der Waals surface area contributed by atoms with Crippen molar-refractivity contribution in [1.82, 2.24) is 0 Å². The lowest BCUT2D eigenvalue weighted by atomic mass is 9.78. The molecule has 0 saturated heterocycles. The maximum absolute atomic E-state index is 9.33. The first kappa shape index (κ1) is 11.9. The zero-order valence-corrected chi connectivity index (χ0v) is 12.6. The molecule has 0 unspecified atom stereocenters. The van der Waals surface area contributed by atoms with Gasteiger partial charge in [-0.3, -0.25) is 0 Å². The molecule has 88 valence electrons. The number of rotatable bonds is 2. The highest BCUT2D eigenvalue weighted by Crippen LogP contribution is 2.31. The number of hydrogen-bond donors (Lipinski definition) is 1. The normalized spacial score (nSPS) is 11.6. The summed E-state index contributed by atoms with van der Waals surface area (Å²) in [5, 5.41) is 10.7. The van der Waals surface area contributed by atoms with E-state index in [0.717, 1.165) is 10.2 Å². The Hall–Kier alpha value is -1.54. The van der Waals surface area contributed by atoms with E-state index in [1.807, 2.05) is 12.1 Å². The van der Waals surface area contributed by atoms with Gasteiger partial charge in [-0.05, 0) is 23.3 Å². The molecule has 0 spiro atoms. The van der Waals surface area contributed by atoms with Gasteiger partial charge in [-0.2, -0.15) is 0 Å². The largest absolute Gasteiger partial charge is 0.508 e. The minimum Gasteiger partial charge on any atom is -0.508 e. The minimum atomic E-state index is -0.0248. The highest BCUT2D eigenvalue weighted by molar-refractivity contribution is 6.32. The van der Waals surface area contributed by atoms with Crippen LogP contribution in [0.5, 0.6) is 5.75 Å². The van der Waals surface area contributed by atoms with Crippen LogP contribution in [0.25, 0.3) is 0 Å². The molecule has 0 amide bonds. The van der Waals surface area contributed by atoms with Gasteiger partial charge in [-0.15, -0.1) is 0 Å². The van der Waals surface area contributed by atoms with Crippen molar-refractivity contribution in [3.63, 3.8) is 0 Å². The minimum absolute atomic E-state index is 0.0248. The van der Waals surface area contributed by atoms with E-state index in [4.69, 9.17) is 0 Å². The second-order valence-electron chi connectivity index (χ2n) is 5.04. The average Bonchev–Trinajstić information content (AvgIpc) is 2.30. The van der Waals surface area contributed by atoms with Crippen LogP contribution in [0.3, 0.4) is 0 Å². The molecule has 1 N–H and O–H groups in total. The Kier molecular flexibility index (Phi) is 3.07. The summed E-state index contributed by atoms with van der Waals surface area (Å²) in [5.41, 5.74) is 2.50. The molecule has 17 heavy (non-hydrogen) atoms. The summed E-state index contributed by atoms with van der Waals surface area (Å²) < 4.78 is 0. The molecule has 0 bridgehead atoms. The third kappa shape index (κ3) is 2.42. The van der Waals surface area contributed by atoms with E-state index in [-0.39, 0.29) is 5.41 Å². The van der Waals surface area contributed by atoms with Crippen LogP contribution < -0.4 is 5.19 Å². The standard InChI is InChI=1S/C15H18OSi/c1-15(2,11-3-7-13(16)8-4-11)12-5-9-14(17)10-6-12/h3-10,16H,1-2,17H3. The van der Waals surface area contributed by atoms with Crippen LogP contribution in [0.1, 0.15) is 25.0 Å². The van der Waals surface area contributed by atoms with E-state index in [2.05, 4.69) is 38.1 Å². The second kappa shape index (κ2) is 4.38. The molecule has 0 aliphatic heterocycles. The van der Waals surface area contributed by atoms with Crippen LogP contribution in [0.4, 0.5) is 0 Å². The number of phenolic OH excluding ortho intramolecular Hbond substituents is 1. The zero-order chi connectivity index (χ0) is 12.5. The average molecular weight is 242 g/mol. The molecule has 0 aliphatic rings. The topological polar surface area (TPSA) is 20.2 Å². The van der Waals surface area contributed by atoms with E-state index in [9.17, 15) is 5.11 Å². The van der Waals surface area contributed by atoms with Crippen molar-refractivity contribution in [2.24, 2.45) is 0 Å². The summed E-state index contributed by atoms with van der Waals surface area (Å²) in [6.45, 7) is 4.42. The number of aromatic hydroxyl groups is 1. The lowest BCUT2D eigenvalue weighted by Gasteiger charge is -2.26. The Morgan fingerprint density at radius 2 is 1.24 bits per heavy atom. The summed E-state index contributed by atoms with van der Waals surface area (Å²) in [6, 6.07) is 16.3. The first-order chi connectivity index (χ1) is 8.00. The van der Waals surface area contributed by atoms with Gasteiger partial charge in [0.25, 0.3) is 0 Å². The molecule has 0 atom stereocenters. The van der Waals surface area contributed by atoms with Gasteiger partial charge >= 0.3 is 0 Å². The Balaban J connectivity index is 2.41. The Labute approximate surface area is 106 Å². The molecule has 0 saturated carbocycles. The first-order valence-corrected chi connectivity index (χ1v) is 6.87. The Bertz CT molecular complexity index is 450. The van der Waals surface area contributed by atoms with Crippen LogP contribution >= 0.6 is 0 Å². The van der Waals surface area contributed by atoms with Gasteiger partial charge in [0.05, 0.1) is 0 Å². The maximum Gasteiger partial charge on any atom is 0.115 e. The molecule has 1 nitrogen and oxygen atoms in total. The summed E-state index contributed by atoms with van der Waals surface area (Å²) in [6.07, 6.45) is 0. The van der Waals surface area contributed by atoms with Gasteiger partial charge in [-0.1, -0.05) is 55.4 Å². The smallest absolute Gasteiger partial charge is 0.115 e. The third-order valence-corrected chi connectivity index (χ3v) is 4.03. The predicted molar refractivity (Wildman–Crippen MR) is 76.2 cm³/mol. The molecular formula is C15H18OSi. The van der Waals surface area contributed by atoms with Crippen LogP contribution in [0.2, 0.25) is 0 Å². The van der Waals surface area contributed by atoms with E-state index in [0.29, 0.717) is 5.75 Å². The van der Waals surface area contributed by atoms with Crippen molar-refractivity contribution >= 4 is 15.4 Å². The van der Waals surface area contributed by atoms with Crippen LogP contribution in [0.15, 0.2) is 48.5 Å². The van der Waals surface area contributed by atoms with Gasteiger partial charge in [0.1, 0.15) is 5.75 Å². The summed E-state index contributed by atoms with van der Waals surface area (Å²) in [5.74, 6) is 0.319. The fourth-order valence-corrected chi connectivity index (χ4v) is 2.35. The molecule has 0 aromatic heterocycles. The van der Waals surface area contributed by atoms with E-state index < -0.39 is 0 Å². The van der Waals surface area contributed by atoms with E-state index in [1.54, 1.807) is 12.1 Å². The second-order valence-corrected chi connectivity index (χ2v) is 6.19. The summed E-state index contributed by atoms with van der Waals surface area (Å²) >= 11 is 0. The first-order valence-electron chi connectivity index (χ1n) is 5.87. The summed E-state index contributed by atoms with van der Waals surface area (Å²) in [7, 11) is 1.09. The van der Waals surface area contributed by atoms with Crippen LogP contribution in [0, 0.1) is 0 Å². The van der Waals surface area contributed by atoms with Crippen molar-refractivity contribution in [3.05, 3.63) is 59.7 Å². The van der Waals surface area contributed by atoms with Crippen molar-refractivity contribution in [2.75, 3.05) is 0 Å². The summed E-state index contributed by atoms with van der Waals surface area (Å²) in [4.78, 5) is 0. The Morgan fingerprint density at radius 3 is 1.71 bits per heavy atom. The number of benzene rings is 2. The highest BCUT2D eigenvalue weighted by Gasteiger charge is 2.22. The number of phenols is 1. The fourth-order valence-electron chi connectivity index (χ4n) is 2.01. The molecular weight excluding hydrogens is 224 g/mol. The van der Waals surface area contributed by atoms with Gasteiger partial charge in [-0.25, -0.2) is 0 Å². The van der Waals surface area contributed by atoms with Gasteiger partial charge in [0.2, 0.25) is 0 Å². The lowest BCUT2D eigenvalue weighted by Crippen LogP contribution is -2.19. The third-order valence-electron chi connectivity index (χ3n) is 3.36. The fraction of sp³-hybridized carbons (Fsp3) is 0.200. The van der Waals surface area contributed by atoms with Gasteiger partial charge < -0.3 is 5.11 Å². The van der Waals surface area contributed by atoms with E-state index in [1.165, 1.54) is 16.3 Å². The predicted octanol–water partition coefficient (Wildman–Crippen LogP) is 1.71. The van der Waals surface area contributed by atoms with Gasteiger partial charge in [0, 0.05) is 15.7 Å². The molecule has 0 heterocycles. The van der Waals surface area contributed by atoms with Crippen molar-refractivity contribution < 1.29 is 5.11 Å². The quantitative estimate of drug-likeness (QED) is 0.795. The van der Waals surface area contributed by atoms with Crippen LogP contribution in [-0.2, 0) is 5.41 Å². The number of hydrogen-bond acceptors (Lipinski definition) is 1. The zero-order valence-electron chi connectivity index (χ0n) is 10.6. The maximum atomic E-state index is 9.33. The van der Waals surface area contributed by atoms with E-state index >= 15 is 0 Å². The Morgan fingerprint density at radius 1 is 0.824 bits per heavy atom. The molecule has 2 heteroatoms. The molecule has 2 aromatic carbocycles. The van der Waals surface area contributed by atoms with Gasteiger partial charge in [0.15, 0.2) is 0 Å². The SMILES string of the molecule is CC(C)(c1ccc(O)cc1)c1ccc([SiH3])cc1. The van der Waals surface area contributed by atoms with Crippen molar-refractivity contribution in [3.8, 4) is 5.75 Å².